The van der Waals surface area contributed by atoms with Gasteiger partial charge in [0, 0.05) is 24.3 Å². The van der Waals surface area contributed by atoms with Crippen LogP contribution in [0.5, 0.6) is 0 Å². The Bertz CT molecular complexity index is 902. The van der Waals surface area contributed by atoms with E-state index >= 15 is 0 Å². The van der Waals surface area contributed by atoms with Crippen LogP contribution in [0.1, 0.15) is 28.4 Å². The van der Waals surface area contributed by atoms with Crippen molar-refractivity contribution in [3.05, 3.63) is 82.0 Å². The third kappa shape index (κ3) is 6.15. The summed E-state index contributed by atoms with van der Waals surface area (Å²) in [6.07, 6.45) is 1.36. The zero-order valence-corrected chi connectivity index (χ0v) is 16.1. The van der Waals surface area contributed by atoms with Crippen molar-refractivity contribution in [3.63, 3.8) is 0 Å². The number of benzene rings is 2. The first-order chi connectivity index (χ1) is 13.5. The quantitative estimate of drug-likeness (QED) is 0.405. The minimum Gasteiger partial charge on any atom is -0.462 e. The van der Waals surface area contributed by atoms with Gasteiger partial charge in [-0.2, -0.15) is 5.26 Å². The zero-order valence-electron chi connectivity index (χ0n) is 15.4. The Labute approximate surface area is 168 Å². The smallest absolute Gasteiger partial charge is 0.338 e. The van der Waals surface area contributed by atoms with Gasteiger partial charge in [-0.25, -0.2) is 4.79 Å². The van der Waals surface area contributed by atoms with Crippen molar-refractivity contribution in [2.75, 3.05) is 6.61 Å². The topological polar surface area (TPSA) is 91.2 Å². The number of rotatable bonds is 8. The average Bonchev–Trinajstić information content (AvgIpc) is 2.71. The van der Waals surface area contributed by atoms with E-state index in [1.165, 1.54) is 6.20 Å². The molecule has 6 nitrogen and oxygen atoms in total. The molecule has 7 heteroatoms. The predicted molar refractivity (Wildman–Crippen MR) is 106 cm³/mol. The molecule has 0 heterocycles. The highest BCUT2D eigenvalue weighted by molar-refractivity contribution is 6.31. The Morgan fingerprint density at radius 1 is 1.14 bits per heavy atom. The fraction of sp³-hybridized carbons (Fsp3) is 0.190. The summed E-state index contributed by atoms with van der Waals surface area (Å²) in [4.78, 5) is 23.8. The lowest BCUT2D eigenvalue weighted by molar-refractivity contribution is -0.117. The van der Waals surface area contributed by atoms with Gasteiger partial charge >= 0.3 is 5.97 Å². The molecular weight excluding hydrogens is 378 g/mol. The Kier molecular flexibility index (Phi) is 8.07. The Morgan fingerprint density at radius 2 is 1.86 bits per heavy atom. The number of halogens is 1. The van der Waals surface area contributed by atoms with Crippen LogP contribution in [0.25, 0.3) is 0 Å². The Balaban J connectivity index is 1.88. The Morgan fingerprint density at radius 3 is 2.50 bits per heavy atom. The first-order valence-electron chi connectivity index (χ1n) is 8.66. The summed E-state index contributed by atoms with van der Waals surface area (Å²) >= 11 is 6.05. The monoisotopic (exact) mass is 397 g/mol. The van der Waals surface area contributed by atoms with Crippen molar-refractivity contribution in [1.82, 2.24) is 10.6 Å². The molecule has 2 aromatic carbocycles. The van der Waals surface area contributed by atoms with Gasteiger partial charge in [0.15, 0.2) is 0 Å². The maximum Gasteiger partial charge on any atom is 0.338 e. The highest BCUT2D eigenvalue weighted by Crippen LogP contribution is 2.14. The van der Waals surface area contributed by atoms with E-state index in [0.717, 1.165) is 11.1 Å². The number of carbonyl (C=O) groups excluding carboxylic acids is 2. The van der Waals surface area contributed by atoms with Crippen LogP contribution >= 0.6 is 11.6 Å². The van der Waals surface area contributed by atoms with Gasteiger partial charge < -0.3 is 15.4 Å². The molecule has 0 radical (unpaired) electrons. The zero-order chi connectivity index (χ0) is 20.4. The molecule has 0 saturated heterocycles. The second kappa shape index (κ2) is 10.8. The van der Waals surface area contributed by atoms with Crippen LogP contribution in [-0.4, -0.2) is 18.5 Å². The fourth-order valence-electron chi connectivity index (χ4n) is 2.31. The van der Waals surface area contributed by atoms with E-state index in [1.54, 1.807) is 49.4 Å². The van der Waals surface area contributed by atoms with Crippen LogP contribution in [0.2, 0.25) is 5.02 Å². The lowest BCUT2D eigenvalue weighted by Crippen LogP contribution is -2.25. The van der Waals surface area contributed by atoms with E-state index in [1.807, 2.05) is 12.1 Å². The summed E-state index contributed by atoms with van der Waals surface area (Å²) < 4.78 is 4.93. The lowest BCUT2D eigenvalue weighted by Gasteiger charge is -2.07. The molecule has 28 heavy (non-hydrogen) atoms. The van der Waals surface area contributed by atoms with Gasteiger partial charge in [-0.1, -0.05) is 41.9 Å². The lowest BCUT2D eigenvalue weighted by atomic mass is 10.1. The number of hydrogen-bond donors (Lipinski definition) is 2. The molecule has 0 unspecified atom stereocenters. The number of nitriles is 1. The van der Waals surface area contributed by atoms with E-state index in [0.29, 0.717) is 23.7 Å². The van der Waals surface area contributed by atoms with E-state index < -0.39 is 5.91 Å². The molecule has 0 aliphatic carbocycles. The van der Waals surface area contributed by atoms with Gasteiger partial charge in [0.1, 0.15) is 11.6 Å². The van der Waals surface area contributed by atoms with Crippen LogP contribution in [-0.2, 0) is 22.6 Å². The largest absolute Gasteiger partial charge is 0.462 e. The summed E-state index contributed by atoms with van der Waals surface area (Å²) in [6, 6.07) is 15.9. The van der Waals surface area contributed by atoms with Crippen LogP contribution in [0.15, 0.2) is 60.3 Å². The first kappa shape index (κ1) is 21.0. The number of nitrogens with one attached hydrogen (secondary N) is 2. The second-order valence-electron chi connectivity index (χ2n) is 5.74. The molecule has 0 fully saturated rings. The van der Waals surface area contributed by atoms with E-state index in [9.17, 15) is 14.9 Å². The molecule has 0 saturated carbocycles. The highest BCUT2D eigenvalue weighted by atomic mass is 35.5. The van der Waals surface area contributed by atoms with Gasteiger partial charge in [0.25, 0.3) is 5.91 Å². The molecule has 0 atom stereocenters. The molecular formula is C21H20ClN3O3. The summed E-state index contributed by atoms with van der Waals surface area (Å²) in [5.41, 5.74) is 2.08. The van der Waals surface area contributed by atoms with Crippen LogP contribution in [0, 0.1) is 11.3 Å². The normalized spacial score (nSPS) is 10.7. The maximum atomic E-state index is 12.1. The number of esters is 1. The summed E-state index contributed by atoms with van der Waals surface area (Å²) in [5, 5.41) is 15.3. The molecule has 2 N–H and O–H groups in total. The molecule has 0 aliphatic rings. The highest BCUT2D eigenvalue weighted by Gasteiger charge is 2.09. The second-order valence-corrected chi connectivity index (χ2v) is 6.15. The summed E-state index contributed by atoms with van der Waals surface area (Å²) in [7, 11) is 0. The van der Waals surface area contributed by atoms with E-state index in [2.05, 4.69) is 10.6 Å². The fourth-order valence-corrected chi connectivity index (χ4v) is 2.51. The number of hydrogen-bond acceptors (Lipinski definition) is 5. The summed E-state index contributed by atoms with van der Waals surface area (Å²) in [5.74, 6) is -0.864. The van der Waals surface area contributed by atoms with E-state index in [-0.39, 0.29) is 18.1 Å². The molecule has 2 rings (SSSR count). The molecule has 144 valence electrons. The first-order valence-corrected chi connectivity index (χ1v) is 9.04. The third-order valence-electron chi connectivity index (χ3n) is 3.78. The van der Waals surface area contributed by atoms with Gasteiger partial charge in [0.05, 0.1) is 12.2 Å². The number of carbonyl (C=O) groups is 2. The minimum absolute atomic E-state index is 0.0461. The van der Waals surface area contributed by atoms with Gasteiger partial charge in [0.2, 0.25) is 0 Å². The Hall–Kier alpha value is -3.30. The maximum absolute atomic E-state index is 12.1. The average molecular weight is 398 g/mol. The van der Waals surface area contributed by atoms with Gasteiger partial charge in [-0.15, -0.1) is 0 Å². The number of amides is 1. The molecule has 0 spiro atoms. The van der Waals surface area contributed by atoms with Crippen molar-refractivity contribution in [2.45, 2.75) is 20.0 Å². The van der Waals surface area contributed by atoms with Crippen LogP contribution in [0.4, 0.5) is 0 Å². The number of ether oxygens (including phenoxy) is 1. The molecule has 0 bridgehead atoms. The van der Waals surface area contributed by atoms with Crippen molar-refractivity contribution < 1.29 is 14.3 Å². The van der Waals surface area contributed by atoms with Crippen molar-refractivity contribution in [3.8, 4) is 6.07 Å². The summed E-state index contributed by atoms with van der Waals surface area (Å²) in [6.45, 7) is 2.70. The van der Waals surface area contributed by atoms with Crippen molar-refractivity contribution >= 4 is 23.5 Å². The van der Waals surface area contributed by atoms with Gasteiger partial charge in [-0.3, -0.25) is 4.79 Å². The van der Waals surface area contributed by atoms with E-state index in [4.69, 9.17) is 16.3 Å². The van der Waals surface area contributed by atoms with Crippen molar-refractivity contribution in [2.24, 2.45) is 0 Å². The van der Waals surface area contributed by atoms with Crippen LogP contribution < -0.4 is 10.6 Å². The standard InChI is InChI=1S/C21H20ClN3O3/c1-2-28-21(27)16-9-7-15(8-10-16)12-24-13-18(11-23)20(26)25-14-17-5-3-4-6-19(17)22/h3-10,13,24H,2,12,14H2,1H3,(H,25,26)/b18-13-. The number of nitrogens with zero attached hydrogens (tertiary/aromatic N) is 1. The predicted octanol–water partition coefficient (Wildman–Crippen LogP) is 3.33. The molecule has 0 aliphatic heterocycles. The molecule has 0 aromatic heterocycles. The minimum atomic E-state index is -0.493. The molecule has 2 aromatic rings. The SMILES string of the molecule is CCOC(=O)c1ccc(CN/C=C(/C#N)C(=O)NCc2ccccc2Cl)cc1. The van der Waals surface area contributed by atoms with Crippen LogP contribution in [0.3, 0.4) is 0 Å². The molecule has 1 amide bonds. The third-order valence-corrected chi connectivity index (χ3v) is 4.15. The van der Waals surface area contributed by atoms with Crippen molar-refractivity contribution in [1.29, 1.82) is 5.26 Å². The van der Waals surface area contributed by atoms with Gasteiger partial charge in [-0.05, 0) is 36.2 Å².